The van der Waals surface area contributed by atoms with Gasteiger partial charge >= 0.3 is 5.97 Å². The third kappa shape index (κ3) is 7.60. The molecular formula is C24H25N3O5S2. The van der Waals surface area contributed by atoms with Crippen LogP contribution in [0.4, 0.5) is 11.4 Å². The molecule has 0 aliphatic heterocycles. The number of hydrogen-bond acceptors (Lipinski definition) is 8. The topological polar surface area (TPSA) is 107 Å². The van der Waals surface area contributed by atoms with E-state index in [1.807, 2.05) is 6.92 Å². The summed E-state index contributed by atoms with van der Waals surface area (Å²) in [5.41, 5.74) is 1.99. The Morgan fingerprint density at radius 1 is 1.00 bits per heavy atom. The number of thiazole rings is 1. The lowest BCUT2D eigenvalue weighted by Gasteiger charge is -2.12. The molecule has 34 heavy (non-hydrogen) atoms. The Morgan fingerprint density at radius 2 is 1.76 bits per heavy atom. The molecule has 10 heteroatoms. The van der Waals surface area contributed by atoms with E-state index in [9.17, 15) is 14.4 Å². The Morgan fingerprint density at radius 3 is 2.50 bits per heavy atom. The van der Waals surface area contributed by atoms with Gasteiger partial charge in [0.05, 0.1) is 42.3 Å². The number of rotatable bonds is 11. The number of benzene rings is 2. The summed E-state index contributed by atoms with van der Waals surface area (Å²) in [7, 11) is 0. The summed E-state index contributed by atoms with van der Waals surface area (Å²) < 4.78 is 11.0. The highest BCUT2D eigenvalue weighted by Crippen LogP contribution is 2.24. The molecule has 178 valence electrons. The largest absolute Gasteiger partial charge is 0.494 e. The maximum atomic E-state index is 12.8. The van der Waals surface area contributed by atoms with Crippen LogP contribution in [0.15, 0.2) is 58.3 Å². The average Bonchev–Trinajstić information content (AvgIpc) is 3.27. The third-order valence-electron chi connectivity index (χ3n) is 4.36. The van der Waals surface area contributed by atoms with Crippen LogP contribution in [0.25, 0.3) is 0 Å². The number of carbonyl (C=O) groups excluding carboxylic acids is 3. The van der Waals surface area contributed by atoms with E-state index < -0.39 is 0 Å². The second-order valence-corrected chi connectivity index (χ2v) is 8.96. The van der Waals surface area contributed by atoms with Gasteiger partial charge < -0.3 is 20.1 Å². The number of aromatic nitrogens is 1. The SMILES string of the molecule is CCOC(=O)Cc1csc(SCC(=O)Nc2ccccc2C(=O)Nc2ccc(OCC)cc2)n1. The Labute approximate surface area is 206 Å². The van der Waals surface area contributed by atoms with E-state index in [0.29, 0.717) is 40.2 Å². The highest BCUT2D eigenvalue weighted by atomic mass is 32.2. The molecular weight excluding hydrogens is 474 g/mol. The molecule has 2 aromatic carbocycles. The highest BCUT2D eigenvalue weighted by molar-refractivity contribution is 8.01. The molecule has 0 radical (unpaired) electrons. The monoisotopic (exact) mass is 499 g/mol. The van der Waals surface area contributed by atoms with Crippen molar-refractivity contribution in [2.75, 3.05) is 29.6 Å². The number of nitrogens with zero attached hydrogens (tertiary/aromatic N) is 1. The zero-order valence-electron chi connectivity index (χ0n) is 18.8. The van der Waals surface area contributed by atoms with Crippen molar-refractivity contribution in [2.45, 2.75) is 24.6 Å². The van der Waals surface area contributed by atoms with Gasteiger partial charge in [-0.2, -0.15) is 0 Å². The molecule has 8 nitrogen and oxygen atoms in total. The van der Waals surface area contributed by atoms with Crippen LogP contribution in [0.5, 0.6) is 5.75 Å². The first-order valence-corrected chi connectivity index (χ1v) is 12.5. The Balaban J connectivity index is 1.56. The lowest BCUT2D eigenvalue weighted by atomic mass is 10.1. The van der Waals surface area contributed by atoms with Crippen LogP contribution in [0.1, 0.15) is 29.9 Å². The van der Waals surface area contributed by atoms with Crippen LogP contribution in [-0.4, -0.2) is 41.7 Å². The van der Waals surface area contributed by atoms with E-state index in [1.165, 1.54) is 23.1 Å². The van der Waals surface area contributed by atoms with Crippen LogP contribution < -0.4 is 15.4 Å². The molecule has 3 rings (SSSR count). The van der Waals surface area contributed by atoms with Crippen molar-refractivity contribution in [1.82, 2.24) is 4.98 Å². The fraction of sp³-hybridized carbons (Fsp3) is 0.250. The fourth-order valence-corrected chi connectivity index (χ4v) is 4.54. The highest BCUT2D eigenvalue weighted by Gasteiger charge is 2.15. The summed E-state index contributed by atoms with van der Waals surface area (Å²) in [6, 6.07) is 13.9. The Kier molecular flexibility index (Phi) is 9.48. The Bertz CT molecular complexity index is 1130. The maximum Gasteiger partial charge on any atom is 0.311 e. The quantitative estimate of drug-likeness (QED) is 0.293. The zero-order valence-corrected chi connectivity index (χ0v) is 20.5. The molecule has 0 bridgehead atoms. The van der Waals surface area contributed by atoms with Crippen LogP contribution >= 0.6 is 23.1 Å². The molecule has 0 saturated carbocycles. The van der Waals surface area contributed by atoms with Crippen molar-refractivity contribution < 1.29 is 23.9 Å². The number of amides is 2. The van der Waals surface area contributed by atoms with Crippen LogP contribution in [0, 0.1) is 0 Å². The zero-order chi connectivity index (χ0) is 24.3. The molecule has 0 atom stereocenters. The molecule has 0 aliphatic rings. The van der Waals surface area contributed by atoms with Gasteiger partial charge in [0.15, 0.2) is 4.34 Å². The van der Waals surface area contributed by atoms with Crippen LogP contribution in [0.2, 0.25) is 0 Å². The number of ether oxygens (including phenoxy) is 2. The van der Waals surface area contributed by atoms with Crippen molar-refractivity contribution in [3.8, 4) is 5.75 Å². The summed E-state index contributed by atoms with van der Waals surface area (Å²) >= 11 is 2.62. The average molecular weight is 500 g/mol. The minimum atomic E-state index is -0.337. The van der Waals surface area contributed by atoms with Crippen molar-refractivity contribution in [3.63, 3.8) is 0 Å². The van der Waals surface area contributed by atoms with Gasteiger partial charge in [-0.25, -0.2) is 4.98 Å². The van der Waals surface area contributed by atoms with E-state index in [2.05, 4.69) is 15.6 Å². The molecule has 0 unspecified atom stereocenters. The first kappa shape index (κ1) is 25.3. The lowest BCUT2D eigenvalue weighted by Crippen LogP contribution is -2.19. The summed E-state index contributed by atoms with van der Waals surface area (Å²) in [5.74, 6) is -0.105. The van der Waals surface area contributed by atoms with Gasteiger partial charge in [0, 0.05) is 11.1 Å². The van der Waals surface area contributed by atoms with Gasteiger partial charge in [0.1, 0.15) is 5.75 Å². The number of esters is 1. The molecule has 2 amide bonds. The maximum absolute atomic E-state index is 12.8. The van der Waals surface area contributed by atoms with E-state index in [4.69, 9.17) is 9.47 Å². The number of hydrogen-bond donors (Lipinski definition) is 2. The molecule has 0 saturated heterocycles. The molecule has 0 fully saturated rings. The molecule has 1 aromatic heterocycles. The summed E-state index contributed by atoms with van der Waals surface area (Å²) in [6.07, 6.45) is 0.105. The summed E-state index contributed by atoms with van der Waals surface area (Å²) in [5, 5.41) is 7.40. The fourth-order valence-electron chi connectivity index (χ4n) is 2.90. The number of nitrogens with one attached hydrogen (secondary N) is 2. The smallest absolute Gasteiger partial charge is 0.311 e. The summed E-state index contributed by atoms with van der Waals surface area (Å²) in [6.45, 7) is 4.54. The number of thioether (sulfide) groups is 1. The molecule has 0 spiro atoms. The first-order chi connectivity index (χ1) is 16.5. The molecule has 3 aromatic rings. The van der Waals surface area contributed by atoms with Gasteiger partial charge in [-0.3, -0.25) is 14.4 Å². The third-order valence-corrected chi connectivity index (χ3v) is 6.43. The van der Waals surface area contributed by atoms with E-state index in [1.54, 1.807) is 60.8 Å². The van der Waals surface area contributed by atoms with Crippen molar-refractivity contribution in [3.05, 3.63) is 65.2 Å². The van der Waals surface area contributed by atoms with Gasteiger partial charge in [-0.05, 0) is 50.2 Å². The molecule has 1 heterocycles. The van der Waals surface area contributed by atoms with E-state index in [-0.39, 0.29) is 30.0 Å². The van der Waals surface area contributed by atoms with Gasteiger partial charge in [0.25, 0.3) is 5.91 Å². The number of anilines is 2. The van der Waals surface area contributed by atoms with Crippen LogP contribution in [0.3, 0.4) is 0 Å². The summed E-state index contributed by atoms with van der Waals surface area (Å²) in [4.78, 5) is 41.2. The van der Waals surface area contributed by atoms with Crippen LogP contribution in [-0.2, 0) is 20.7 Å². The second kappa shape index (κ2) is 12.8. The first-order valence-electron chi connectivity index (χ1n) is 10.6. The molecule has 2 N–H and O–H groups in total. The Hall–Kier alpha value is -3.37. The minimum Gasteiger partial charge on any atom is -0.494 e. The lowest BCUT2D eigenvalue weighted by molar-refractivity contribution is -0.142. The number of para-hydroxylation sites is 1. The van der Waals surface area contributed by atoms with Crippen molar-refractivity contribution in [1.29, 1.82) is 0 Å². The van der Waals surface area contributed by atoms with E-state index in [0.717, 1.165) is 5.75 Å². The minimum absolute atomic E-state index is 0.105. The van der Waals surface area contributed by atoms with Crippen molar-refractivity contribution >= 4 is 52.3 Å². The van der Waals surface area contributed by atoms with Crippen molar-refractivity contribution in [2.24, 2.45) is 0 Å². The van der Waals surface area contributed by atoms with E-state index >= 15 is 0 Å². The van der Waals surface area contributed by atoms with Gasteiger partial charge in [0.2, 0.25) is 5.91 Å². The van der Waals surface area contributed by atoms with Gasteiger partial charge in [-0.1, -0.05) is 23.9 Å². The predicted molar refractivity (Wildman–Crippen MR) is 134 cm³/mol. The predicted octanol–water partition coefficient (Wildman–Crippen LogP) is 4.63. The normalized spacial score (nSPS) is 10.4. The molecule has 0 aliphatic carbocycles. The van der Waals surface area contributed by atoms with Gasteiger partial charge in [-0.15, -0.1) is 11.3 Å². The number of carbonyl (C=O) groups is 3. The standard InChI is InChI=1S/C24H25N3O5S2/c1-3-31-18-11-9-16(10-12-18)25-23(30)19-7-5-6-8-20(19)27-21(28)15-34-24-26-17(14-33-24)13-22(29)32-4-2/h5-12,14H,3-4,13,15H2,1-2H3,(H,25,30)(H,27,28). The second-order valence-electron chi connectivity index (χ2n) is 6.88.